The van der Waals surface area contributed by atoms with Crippen LogP contribution < -0.4 is 9.47 Å². The summed E-state index contributed by atoms with van der Waals surface area (Å²) < 4.78 is 11.3. The molecule has 1 unspecified atom stereocenters. The Kier molecular flexibility index (Phi) is 7.47. The second kappa shape index (κ2) is 10.7. The van der Waals surface area contributed by atoms with E-state index in [0.29, 0.717) is 23.5 Å². The van der Waals surface area contributed by atoms with Crippen molar-refractivity contribution in [2.24, 2.45) is 0 Å². The Morgan fingerprint density at radius 1 is 1.11 bits per heavy atom. The first-order valence-electron chi connectivity index (χ1n) is 12.1. The summed E-state index contributed by atoms with van der Waals surface area (Å²) in [6, 6.07) is 12.4. The molecule has 2 N–H and O–H groups in total. The standard InChI is InChI=1S/C29H30N2O6/c1-5-36-24-14-20(8-10-22(24)32)26-25(27(33)21-9-11-23(18(4)13-21)37-17(2)3)28(34)29(35)31(26)16-19-7-6-12-30-15-19/h6-15,17,26,32-33H,5,16H2,1-4H3/b27-25+. The Balaban J connectivity index is 1.86. The molecule has 2 aromatic carbocycles. The summed E-state index contributed by atoms with van der Waals surface area (Å²) in [5.74, 6) is -0.998. The van der Waals surface area contributed by atoms with Gasteiger partial charge in [-0.1, -0.05) is 12.1 Å². The van der Waals surface area contributed by atoms with Crippen molar-refractivity contribution in [1.29, 1.82) is 0 Å². The predicted molar refractivity (Wildman–Crippen MR) is 138 cm³/mol. The van der Waals surface area contributed by atoms with Crippen LogP contribution in [0.15, 0.2) is 66.5 Å². The number of nitrogens with zero attached hydrogens (tertiary/aromatic N) is 2. The Bertz CT molecular complexity index is 1350. The van der Waals surface area contributed by atoms with E-state index in [1.54, 1.807) is 55.7 Å². The number of hydrogen-bond acceptors (Lipinski definition) is 7. The molecule has 1 aliphatic heterocycles. The van der Waals surface area contributed by atoms with Gasteiger partial charge in [0.15, 0.2) is 11.5 Å². The van der Waals surface area contributed by atoms with Crippen molar-refractivity contribution in [2.45, 2.75) is 46.4 Å². The largest absolute Gasteiger partial charge is 0.507 e. The summed E-state index contributed by atoms with van der Waals surface area (Å²) in [5, 5.41) is 21.6. The minimum absolute atomic E-state index is 0.0232. The first-order chi connectivity index (χ1) is 17.7. The predicted octanol–water partition coefficient (Wildman–Crippen LogP) is 4.90. The van der Waals surface area contributed by atoms with E-state index >= 15 is 0 Å². The number of likely N-dealkylation sites (tertiary alicyclic amines) is 1. The molecule has 1 aromatic heterocycles. The van der Waals surface area contributed by atoms with Gasteiger partial charge in [0.25, 0.3) is 11.7 Å². The Morgan fingerprint density at radius 3 is 2.54 bits per heavy atom. The number of phenolic OH excluding ortho intramolecular Hbond substituents is 1. The number of carbonyl (C=O) groups excluding carboxylic acids is 2. The molecule has 37 heavy (non-hydrogen) atoms. The van der Waals surface area contributed by atoms with Gasteiger partial charge in [0.1, 0.15) is 11.5 Å². The molecular formula is C29H30N2O6. The average molecular weight is 503 g/mol. The quantitative estimate of drug-likeness (QED) is 0.256. The number of benzene rings is 2. The van der Waals surface area contributed by atoms with Crippen LogP contribution in [0.1, 0.15) is 49.1 Å². The lowest BCUT2D eigenvalue weighted by Crippen LogP contribution is -2.29. The first-order valence-corrected chi connectivity index (χ1v) is 12.1. The van der Waals surface area contributed by atoms with E-state index < -0.39 is 17.7 Å². The third kappa shape index (κ3) is 5.28. The van der Waals surface area contributed by atoms with Crippen LogP contribution in [0.4, 0.5) is 0 Å². The number of carbonyl (C=O) groups is 2. The lowest BCUT2D eigenvalue weighted by molar-refractivity contribution is -0.140. The maximum atomic E-state index is 13.3. The van der Waals surface area contributed by atoms with Crippen molar-refractivity contribution >= 4 is 17.4 Å². The second-order valence-electron chi connectivity index (χ2n) is 9.10. The fourth-order valence-corrected chi connectivity index (χ4v) is 4.39. The molecule has 1 atom stereocenters. The van der Waals surface area contributed by atoms with Crippen molar-refractivity contribution in [2.75, 3.05) is 6.61 Å². The van der Waals surface area contributed by atoms with E-state index in [2.05, 4.69) is 4.98 Å². The molecule has 1 fully saturated rings. The molecule has 1 aliphatic rings. The minimum Gasteiger partial charge on any atom is -0.507 e. The van der Waals surface area contributed by atoms with Crippen molar-refractivity contribution < 1.29 is 29.3 Å². The maximum Gasteiger partial charge on any atom is 0.295 e. The Morgan fingerprint density at radius 2 is 1.89 bits per heavy atom. The van der Waals surface area contributed by atoms with Crippen LogP contribution in [0.2, 0.25) is 0 Å². The van der Waals surface area contributed by atoms with Crippen LogP contribution in [0.3, 0.4) is 0 Å². The summed E-state index contributed by atoms with van der Waals surface area (Å²) >= 11 is 0. The zero-order chi connectivity index (χ0) is 26.7. The summed E-state index contributed by atoms with van der Waals surface area (Å²) in [6.07, 6.45) is 3.22. The zero-order valence-corrected chi connectivity index (χ0v) is 21.3. The number of aliphatic hydroxyl groups is 1. The fourth-order valence-electron chi connectivity index (χ4n) is 4.39. The van der Waals surface area contributed by atoms with E-state index in [4.69, 9.17) is 9.47 Å². The van der Waals surface area contributed by atoms with Crippen LogP contribution in [0.25, 0.3) is 5.76 Å². The summed E-state index contributed by atoms with van der Waals surface area (Å²) in [5.41, 5.74) is 2.37. The van der Waals surface area contributed by atoms with Gasteiger partial charge in [-0.3, -0.25) is 14.6 Å². The van der Waals surface area contributed by atoms with Crippen molar-refractivity contribution in [3.05, 3.63) is 88.8 Å². The lowest BCUT2D eigenvalue weighted by Gasteiger charge is -2.26. The Labute approximate surface area is 215 Å². The third-order valence-electron chi connectivity index (χ3n) is 6.03. The van der Waals surface area contributed by atoms with Gasteiger partial charge in [0, 0.05) is 24.5 Å². The summed E-state index contributed by atoms with van der Waals surface area (Å²) in [6.45, 7) is 7.90. The van der Waals surface area contributed by atoms with E-state index in [1.807, 2.05) is 26.8 Å². The lowest BCUT2D eigenvalue weighted by atomic mass is 9.94. The van der Waals surface area contributed by atoms with E-state index in [1.165, 1.54) is 11.0 Å². The molecule has 2 heterocycles. The van der Waals surface area contributed by atoms with Gasteiger partial charge in [0.05, 0.1) is 24.3 Å². The maximum absolute atomic E-state index is 13.3. The van der Waals surface area contributed by atoms with Crippen molar-refractivity contribution in [3.8, 4) is 17.2 Å². The van der Waals surface area contributed by atoms with E-state index in [-0.39, 0.29) is 35.5 Å². The summed E-state index contributed by atoms with van der Waals surface area (Å²) in [7, 11) is 0. The van der Waals surface area contributed by atoms with Crippen LogP contribution in [-0.4, -0.2) is 44.5 Å². The normalized spacial score (nSPS) is 16.9. The third-order valence-corrected chi connectivity index (χ3v) is 6.03. The first kappa shape index (κ1) is 25.8. The number of aliphatic hydroxyl groups excluding tert-OH is 1. The van der Waals surface area contributed by atoms with Gasteiger partial charge in [-0.15, -0.1) is 0 Å². The van der Waals surface area contributed by atoms with Gasteiger partial charge in [0.2, 0.25) is 0 Å². The van der Waals surface area contributed by atoms with E-state index in [9.17, 15) is 19.8 Å². The second-order valence-corrected chi connectivity index (χ2v) is 9.10. The number of amides is 1. The smallest absolute Gasteiger partial charge is 0.295 e. The molecule has 0 aliphatic carbocycles. The highest BCUT2D eigenvalue weighted by atomic mass is 16.5. The number of phenols is 1. The van der Waals surface area contributed by atoms with Gasteiger partial charge in [-0.25, -0.2) is 0 Å². The highest BCUT2D eigenvalue weighted by Gasteiger charge is 2.46. The SMILES string of the molecule is CCOc1cc(C2/C(=C(\O)c3ccc(OC(C)C)c(C)c3)C(=O)C(=O)N2Cc2cccnc2)ccc1O. The van der Waals surface area contributed by atoms with Crippen LogP contribution in [-0.2, 0) is 16.1 Å². The molecule has 8 heteroatoms. The molecule has 4 rings (SSSR count). The Hall–Kier alpha value is -4.33. The van der Waals surface area contributed by atoms with Crippen LogP contribution >= 0.6 is 0 Å². The number of ketones is 1. The van der Waals surface area contributed by atoms with Crippen molar-refractivity contribution in [3.63, 3.8) is 0 Å². The number of pyridine rings is 1. The molecule has 0 saturated carbocycles. The number of aromatic nitrogens is 1. The topological polar surface area (TPSA) is 109 Å². The van der Waals surface area contributed by atoms with Crippen LogP contribution in [0.5, 0.6) is 17.2 Å². The van der Waals surface area contributed by atoms with Crippen LogP contribution in [0, 0.1) is 6.92 Å². The van der Waals surface area contributed by atoms with Gasteiger partial charge in [-0.05, 0) is 80.8 Å². The van der Waals surface area contributed by atoms with Gasteiger partial charge < -0.3 is 24.6 Å². The number of ether oxygens (including phenoxy) is 2. The molecule has 0 spiro atoms. The zero-order valence-electron chi connectivity index (χ0n) is 21.3. The molecule has 0 bridgehead atoms. The van der Waals surface area contributed by atoms with Gasteiger partial charge >= 0.3 is 0 Å². The molecule has 3 aromatic rings. The number of aryl methyl sites for hydroxylation is 1. The molecule has 8 nitrogen and oxygen atoms in total. The molecule has 192 valence electrons. The van der Waals surface area contributed by atoms with Crippen molar-refractivity contribution in [1.82, 2.24) is 9.88 Å². The number of Topliss-reactive ketones (excluding diaryl/α,β-unsaturated/α-hetero) is 1. The van der Waals surface area contributed by atoms with Gasteiger partial charge in [-0.2, -0.15) is 0 Å². The summed E-state index contributed by atoms with van der Waals surface area (Å²) in [4.78, 5) is 32.1. The number of aromatic hydroxyl groups is 1. The molecule has 1 amide bonds. The monoisotopic (exact) mass is 502 g/mol. The highest BCUT2D eigenvalue weighted by molar-refractivity contribution is 6.46. The minimum atomic E-state index is -0.910. The molecule has 1 saturated heterocycles. The fraction of sp³-hybridized carbons (Fsp3) is 0.276. The average Bonchev–Trinajstić information content (AvgIpc) is 3.11. The number of rotatable bonds is 8. The highest BCUT2D eigenvalue weighted by Crippen LogP contribution is 2.42. The molecule has 0 radical (unpaired) electrons. The van der Waals surface area contributed by atoms with E-state index in [0.717, 1.165) is 11.1 Å². The number of hydrogen-bond donors (Lipinski definition) is 2. The molecular weight excluding hydrogens is 472 g/mol.